The molecular formula is C25H32N2O6S. The zero-order valence-corrected chi connectivity index (χ0v) is 20.4. The van der Waals surface area contributed by atoms with Crippen LogP contribution in [0.15, 0.2) is 53.4 Å². The number of nitrogens with one attached hydrogen (secondary N) is 2. The van der Waals surface area contributed by atoms with E-state index in [9.17, 15) is 18.4 Å². The van der Waals surface area contributed by atoms with Gasteiger partial charge in [0.1, 0.15) is 17.2 Å². The van der Waals surface area contributed by atoms with Crippen LogP contribution in [-0.2, 0) is 14.6 Å². The highest BCUT2D eigenvalue weighted by Crippen LogP contribution is 2.54. The third-order valence-electron chi connectivity index (χ3n) is 6.98. The van der Waals surface area contributed by atoms with E-state index in [1.807, 2.05) is 26.0 Å². The van der Waals surface area contributed by atoms with Gasteiger partial charge in [-0.2, -0.15) is 0 Å². The standard InChI is InChI=1S/C25H32N2O6S/c1-18(2)32-19-3-5-20(6-4-19)33-21-7-9-22(10-8-21)34(30,31)25(23(28)27-29)12-11-24(17-25)13-15-26-16-14-24/h3-10,18,26,29H,11-17H2,1-2H3,(H,27,28). The highest BCUT2D eigenvalue weighted by molar-refractivity contribution is 7.93. The van der Waals surface area contributed by atoms with Gasteiger partial charge < -0.3 is 14.8 Å². The van der Waals surface area contributed by atoms with Crippen LogP contribution < -0.4 is 20.3 Å². The Morgan fingerprint density at radius 2 is 1.50 bits per heavy atom. The lowest BCUT2D eigenvalue weighted by Crippen LogP contribution is -2.51. The van der Waals surface area contributed by atoms with Crippen molar-refractivity contribution >= 4 is 15.7 Å². The minimum Gasteiger partial charge on any atom is -0.491 e. The molecule has 0 radical (unpaired) electrons. The molecule has 8 nitrogen and oxygen atoms in total. The predicted octanol–water partition coefficient (Wildman–Crippen LogP) is 3.84. The number of ether oxygens (including phenoxy) is 2. The summed E-state index contributed by atoms with van der Waals surface area (Å²) in [7, 11) is -4.06. The Morgan fingerprint density at radius 3 is 2.06 bits per heavy atom. The van der Waals surface area contributed by atoms with Gasteiger partial charge in [-0.05, 0) is 113 Å². The molecule has 1 saturated heterocycles. The Balaban J connectivity index is 1.55. The second-order valence-corrected chi connectivity index (χ2v) is 11.8. The molecule has 184 valence electrons. The first-order valence-corrected chi connectivity index (χ1v) is 13.1. The summed E-state index contributed by atoms with van der Waals surface area (Å²) in [5.41, 5.74) is 1.43. The molecule has 2 fully saturated rings. The maximum absolute atomic E-state index is 13.7. The minimum atomic E-state index is -4.06. The van der Waals surface area contributed by atoms with E-state index in [4.69, 9.17) is 9.47 Å². The lowest BCUT2D eigenvalue weighted by Gasteiger charge is -2.36. The SMILES string of the molecule is CC(C)Oc1ccc(Oc2ccc(S(=O)(=O)C3(C(=O)NO)CCC4(CCNCC4)C3)cc2)cc1. The topological polar surface area (TPSA) is 114 Å². The summed E-state index contributed by atoms with van der Waals surface area (Å²) < 4.78 is 37.2. The number of carbonyl (C=O) groups is 1. The first kappa shape index (κ1) is 24.5. The van der Waals surface area contributed by atoms with E-state index < -0.39 is 20.5 Å². The third kappa shape index (κ3) is 4.64. The Morgan fingerprint density at radius 1 is 0.941 bits per heavy atom. The molecule has 2 aliphatic rings. The molecule has 0 bridgehead atoms. The van der Waals surface area contributed by atoms with Crippen LogP contribution in [0.4, 0.5) is 0 Å². The van der Waals surface area contributed by atoms with Gasteiger partial charge in [0.2, 0.25) is 0 Å². The fourth-order valence-electron chi connectivity index (χ4n) is 5.19. The molecule has 2 aromatic rings. The molecule has 4 rings (SSSR count). The van der Waals surface area contributed by atoms with Crippen molar-refractivity contribution in [2.75, 3.05) is 13.1 Å². The molecule has 1 amide bonds. The maximum atomic E-state index is 13.7. The van der Waals surface area contributed by atoms with Crippen LogP contribution in [0.1, 0.15) is 46.0 Å². The number of benzene rings is 2. The number of hydroxylamine groups is 1. The number of amides is 1. The molecule has 9 heteroatoms. The summed E-state index contributed by atoms with van der Waals surface area (Å²) in [4.78, 5) is 12.8. The minimum absolute atomic E-state index is 0.0371. The van der Waals surface area contributed by atoms with E-state index in [0.717, 1.165) is 31.7 Å². The molecule has 1 aliphatic heterocycles. The van der Waals surface area contributed by atoms with Crippen molar-refractivity contribution in [1.82, 2.24) is 10.8 Å². The Hall–Kier alpha value is -2.62. The fourth-order valence-corrected chi connectivity index (χ4v) is 7.29. The van der Waals surface area contributed by atoms with Gasteiger partial charge in [0.15, 0.2) is 14.6 Å². The number of carbonyl (C=O) groups excluding carboxylic acids is 1. The van der Waals surface area contributed by atoms with Gasteiger partial charge in [-0.3, -0.25) is 10.0 Å². The average Bonchev–Trinajstić information content (AvgIpc) is 3.21. The van der Waals surface area contributed by atoms with Crippen LogP contribution >= 0.6 is 0 Å². The molecule has 1 saturated carbocycles. The zero-order chi connectivity index (χ0) is 24.4. The van der Waals surface area contributed by atoms with E-state index in [1.54, 1.807) is 29.7 Å². The Kier molecular flexibility index (Phi) is 6.89. The molecule has 1 aliphatic carbocycles. The first-order chi connectivity index (χ1) is 16.2. The van der Waals surface area contributed by atoms with E-state index in [-0.39, 0.29) is 29.3 Å². The van der Waals surface area contributed by atoms with E-state index in [0.29, 0.717) is 17.9 Å². The van der Waals surface area contributed by atoms with Crippen molar-refractivity contribution in [1.29, 1.82) is 0 Å². The van der Waals surface area contributed by atoms with Crippen LogP contribution in [-0.4, -0.2) is 43.5 Å². The van der Waals surface area contributed by atoms with Crippen LogP contribution in [0.5, 0.6) is 17.2 Å². The molecule has 3 N–H and O–H groups in total. The van der Waals surface area contributed by atoms with Gasteiger partial charge in [-0.1, -0.05) is 0 Å². The van der Waals surface area contributed by atoms with Gasteiger partial charge in [-0.25, -0.2) is 13.9 Å². The summed E-state index contributed by atoms with van der Waals surface area (Å²) >= 11 is 0. The lowest BCUT2D eigenvalue weighted by molar-refractivity contribution is -0.132. The summed E-state index contributed by atoms with van der Waals surface area (Å²) in [5.74, 6) is 0.941. The number of piperidine rings is 1. The Labute approximate surface area is 200 Å². The number of rotatable bonds is 7. The average molecular weight is 489 g/mol. The van der Waals surface area contributed by atoms with E-state index in [2.05, 4.69) is 5.32 Å². The first-order valence-electron chi connectivity index (χ1n) is 11.6. The molecule has 0 aromatic heterocycles. The van der Waals surface area contributed by atoms with Gasteiger partial charge in [0.05, 0.1) is 11.0 Å². The van der Waals surface area contributed by atoms with Gasteiger partial charge >= 0.3 is 0 Å². The summed E-state index contributed by atoms with van der Waals surface area (Å²) in [6, 6.07) is 13.2. The van der Waals surface area contributed by atoms with E-state index >= 15 is 0 Å². The summed E-state index contributed by atoms with van der Waals surface area (Å²) in [6.45, 7) is 5.50. The van der Waals surface area contributed by atoms with Gasteiger partial charge in [0.25, 0.3) is 5.91 Å². The van der Waals surface area contributed by atoms with Crippen molar-refractivity contribution in [2.45, 2.75) is 61.7 Å². The largest absolute Gasteiger partial charge is 0.491 e. The van der Waals surface area contributed by atoms with Gasteiger partial charge in [-0.15, -0.1) is 0 Å². The predicted molar refractivity (Wildman–Crippen MR) is 127 cm³/mol. The second kappa shape index (κ2) is 9.56. The van der Waals surface area contributed by atoms with Crippen LogP contribution in [0.3, 0.4) is 0 Å². The molecular weight excluding hydrogens is 456 g/mol. The number of hydrogen-bond donors (Lipinski definition) is 3. The quantitative estimate of drug-likeness (QED) is 0.401. The van der Waals surface area contributed by atoms with Crippen molar-refractivity contribution in [3.63, 3.8) is 0 Å². The highest BCUT2D eigenvalue weighted by atomic mass is 32.2. The van der Waals surface area contributed by atoms with Crippen LogP contribution in [0.2, 0.25) is 0 Å². The smallest absolute Gasteiger partial charge is 0.265 e. The molecule has 1 unspecified atom stereocenters. The normalized spacial score (nSPS) is 22.0. The summed E-state index contributed by atoms with van der Waals surface area (Å²) in [6.07, 6.45) is 2.73. The number of hydrogen-bond acceptors (Lipinski definition) is 7. The lowest BCUT2D eigenvalue weighted by atomic mass is 9.77. The zero-order valence-electron chi connectivity index (χ0n) is 19.5. The molecule has 34 heavy (non-hydrogen) atoms. The molecule has 1 atom stereocenters. The monoisotopic (exact) mass is 488 g/mol. The van der Waals surface area contributed by atoms with Crippen LogP contribution in [0, 0.1) is 5.41 Å². The van der Waals surface area contributed by atoms with Gasteiger partial charge in [0, 0.05) is 0 Å². The fraction of sp³-hybridized carbons (Fsp3) is 0.480. The molecule has 1 spiro atoms. The maximum Gasteiger partial charge on any atom is 0.265 e. The van der Waals surface area contributed by atoms with Crippen molar-refractivity contribution < 1.29 is 27.9 Å². The van der Waals surface area contributed by atoms with Crippen LogP contribution in [0.25, 0.3) is 0 Å². The third-order valence-corrected chi connectivity index (χ3v) is 9.43. The highest BCUT2D eigenvalue weighted by Gasteiger charge is 2.60. The van der Waals surface area contributed by atoms with E-state index in [1.165, 1.54) is 12.1 Å². The molecule has 2 aromatic carbocycles. The second-order valence-electron chi connectivity index (χ2n) is 9.58. The summed E-state index contributed by atoms with van der Waals surface area (Å²) in [5, 5.41) is 12.7. The van der Waals surface area contributed by atoms with Crippen molar-refractivity contribution in [3.05, 3.63) is 48.5 Å². The number of sulfone groups is 1. The van der Waals surface area contributed by atoms with Crippen molar-refractivity contribution in [3.8, 4) is 17.2 Å². The van der Waals surface area contributed by atoms with Crippen molar-refractivity contribution in [2.24, 2.45) is 5.41 Å². The Bertz CT molecular complexity index is 1110. The molecule has 1 heterocycles.